The Labute approximate surface area is 93.8 Å². The number of carbonyl (C=O) groups excluding carboxylic acids is 1. The Morgan fingerprint density at radius 1 is 1.38 bits per heavy atom. The fourth-order valence-corrected chi connectivity index (χ4v) is 1.39. The molecular formula is C11H15N2O3+. The van der Waals surface area contributed by atoms with Gasteiger partial charge >= 0.3 is 0 Å². The zero-order valence-electron chi connectivity index (χ0n) is 9.40. The van der Waals surface area contributed by atoms with Crippen molar-refractivity contribution in [2.45, 2.75) is 13.3 Å². The van der Waals surface area contributed by atoms with Crippen LogP contribution in [0.1, 0.15) is 13.3 Å². The minimum atomic E-state index is -0.434. The molecule has 86 valence electrons. The number of nitro groups is 1. The van der Waals surface area contributed by atoms with Gasteiger partial charge in [0.1, 0.15) is 12.2 Å². The third kappa shape index (κ3) is 3.13. The molecular weight excluding hydrogens is 208 g/mol. The predicted octanol–water partition coefficient (Wildman–Crippen LogP) is 0.720. The van der Waals surface area contributed by atoms with Crippen molar-refractivity contribution in [3.63, 3.8) is 0 Å². The number of nitrogens with zero attached hydrogens (tertiary/aromatic N) is 1. The molecule has 0 aliphatic carbocycles. The number of quaternary nitrogens is 1. The summed E-state index contributed by atoms with van der Waals surface area (Å²) in [6.45, 7) is 2.24. The van der Waals surface area contributed by atoms with Crippen LogP contribution in [0.5, 0.6) is 0 Å². The maximum absolute atomic E-state index is 11.2. The monoisotopic (exact) mass is 223 g/mol. The van der Waals surface area contributed by atoms with Gasteiger partial charge in [-0.05, 0) is 0 Å². The van der Waals surface area contributed by atoms with Crippen molar-refractivity contribution >= 4 is 17.2 Å². The maximum Gasteiger partial charge on any atom is 0.269 e. The van der Waals surface area contributed by atoms with Crippen molar-refractivity contribution in [3.05, 3.63) is 34.4 Å². The van der Waals surface area contributed by atoms with E-state index in [4.69, 9.17) is 0 Å². The zero-order valence-corrected chi connectivity index (χ0v) is 9.40. The predicted molar refractivity (Wildman–Crippen MR) is 59.8 cm³/mol. The molecule has 0 spiro atoms. The molecule has 0 aliphatic heterocycles. The van der Waals surface area contributed by atoms with E-state index < -0.39 is 4.92 Å². The van der Waals surface area contributed by atoms with Gasteiger partial charge < -0.3 is 0 Å². The lowest BCUT2D eigenvalue weighted by Crippen LogP contribution is -3.05. The highest BCUT2D eigenvalue weighted by Crippen LogP contribution is 2.12. The summed E-state index contributed by atoms with van der Waals surface area (Å²) in [5.74, 6) is 0.177. The van der Waals surface area contributed by atoms with Crippen LogP contribution in [0.3, 0.4) is 0 Å². The van der Waals surface area contributed by atoms with Gasteiger partial charge in [0, 0.05) is 30.7 Å². The molecule has 0 saturated heterocycles. The van der Waals surface area contributed by atoms with E-state index in [-0.39, 0.29) is 11.5 Å². The van der Waals surface area contributed by atoms with Gasteiger partial charge in [0.25, 0.3) is 5.69 Å². The highest BCUT2D eigenvalue weighted by Gasteiger charge is 2.12. The van der Waals surface area contributed by atoms with Crippen LogP contribution in [0.15, 0.2) is 24.3 Å². The molecule has 16 heavy (non-hydrogen) atoms. The fraction of sp³-hybridized carbons (Fsp3) is 0.364. The molecule has 0 saturated carbocycles. The van der Waals surface area contributed by atoms with Crippen LogP contribution >= 0.6 is 0 Å². The number of likely N-dealkylation sites (N-methyl/N-ethyl adjacent to an activating group) is 1. The molecule has 0 aliphatic rings. The molecule has 0 aromatic heterocycles. The Morgan fingerprint density at radius 2 is 1.94 bits per heavy atom. The SMILES string of the molecule is CCC(=O)C[NH+](C)c1ccc([N+](=O)[O-])cc1. The lowest BCUT2D eigenvalue weighted by Gasteiger charge is -2.11. The highest BCUT2D eigenvalue weighted by atomic mass is 16.6. The molecule has 5 nitrogen and oxygen atoms in total. The fourth-order valence-electron chi connectivity index (χ4n) is 1.39. The Kier molecular flexibility index (Phi) is 4.13. The summed E-state index contributed by atoms with van der Waals surface area (Å²) in [6, 6.07) is 6.26. The van der Waals surface area contributed by atoms with Crippen LogP contribution in [0.4, 0.5) is 11.4 Å². The summed E-state index contributed by atoms with van der Waals surface area (Å²) in [5.41, 5.74) is 0.950. The van der Waals surface area contributed by atoms with E-state index in [2.05, 4.69) is 0 Å². The first kappa shape index (κ1) is 12.3. The first-order chi connectivity index (χ1) is 7.54. The second-order valence-corrected chi connectivity index (χ2v) is 3.65. The van der Waals surface area contributed by atoms with Crippen LogP contribution < -0.4 is 4.90 Å². The number of rotatable bonds is 5. The van der Waals surface area contributed by atoms with E-state index in [1.54, 1.807) is 12.1 Å². The first-order valence-corrected chi connectivity index (χ1v) is 5.13. The minimum Gasteiger partial charge on any atom is -0.299 e. The Morgan fingerprint density at radius 3 is 2.38 bits per heavy atom. The third-order valence-electron chi connectivity index (χ3n) is 2.43. The summed E-state index contributed by atoms with van der Waals surface area (Å²) in [6.07, 6.45) is 0.518. The van der Waals surface area contributed by atoms with Crippen LogP contribution in [0.2, 0.25) is 0 Å². The maximum atomic E-state index is 11.2. The average molecular weight is 223 g/mol. The largest absolute Gasteiger partial charge is 0.299 e. The van der Waals surface area contributed by atoms with E-state index >= 15 is 0 Å². The number of nitro benzene ring substituents is 1. The van der Waals surface area contributed by atoms with Crippen molar-refractivity contribution in [3.8, 4) is 0 Å². The van der Waals surface area contributed by atoms with E-state index in [9.17, 15) is 14.9 Å². The summed E-state index contributed by atoms with van der Waals surface area (Å²) in [7, 11) is 1.87. The number of ketones is 1. The molecule has 1 atom stereocenters. The molecule has 1 unspecified atom stereocenters. The van der Waals surface area contributed by atoms with Crippen molar-refractivity contribution < 1.29 is 14.6 Å². The van der Waals surface area contributed by atoms with Crippen molar-refractivity contribution in [2.24, 2.45) is 0 Å². The molecule has 0 bridgehead atoms. The topological polar surface area (TPSA) is 64.7 Å². The molecule has 1 N–H and O–H groups in total. The van der Waals surface area contributed by atoms with Gasteiger partial charge in [-0.25, -0.2) is 0 Å². The van der Waals surface area contributed by atoms with Crippen LogP contribution in [0.25, 0.3) is 0 Å². The summed E-state index contributed by atoms with van der Waals surface area (Å²) in [5, 5.41) is 10.5. The average Bonchev–Trinajstić information content (AvgIpc) is 2.28. The van der Waals surface area contributed by atoms with Gasteiger partial charge in [-0.2, -0.15) is 0 Å². The summed E-state index contributed by atoms with van der Waals surface area (Å²) in [4.78, 5) is 22.2. The minimum absolute atomic E-state index is 0.0679. The quantitative estimate of drug-likeness (QED) is 0.591. The number of benzene rings is 1. The van der Waals surface area contributed by atoms with Gasteiger partial charge in [-0.15, -0.1) is 0 Å². The lowest BCUT2D eigenvalue weighted by atomic mass is 10.2. The molecule has 1 aromatic carbocycles. The smallest absolute Gasteiger partial charge is 0.269 e. The Hall–Kier alpha value is -1.75. The molecule has 1 aromatic rings. The van der Waals surface area contributed by atoms with Crippen LogP contribution in [0, 0.1) is 10.1 Å². The highest BCUT2D eigenvalue weighted by molar-refractivity contribution is 5.79. The van der Waals surface area contributed by atoms with Crippen molar-refractivity contribution in [1.82, 2.24) is 0 Å². The number of hydrogen-bond donors (Lipinski definition) is 1. The van der Waals surface area contributed by atoms with E-state index in [0.29, 0.717) is 13.0 Å². The van der Waals surface area contributed by atoms with E-state index in [1.165, 1.54) is 12.1 Å². The molecule has 1 rings (SSSR count). The molecule has 0 amide bonds. The Bertz CT molecular complexity index is 387. The zero-order chi connectivity index (χ0) is 12.1. The van der Waals surface area contributed by atoms with Gasteiger partial charge in [0.15, 0.2) is 5.78 Å². The first-order valence-electron chi connectivity index (χ1n) is 5.13. The standard InChI is InChI=1S/C11H14N2O3/c1-3-11(14)8-12(2)9-4-6-10(7-5-9)13(15)16/h4-7H,3,8H2,1-2H3/p+1. The number of non-ortho nitro benzene ring substituents is 1. The summed E-state index contributed by atoms with van der Waals surface area (Å²) >= 11 is 0. The van der Waals surface area contributed by atoms with Crippen LogP contribution in [-0.4, -0.2) is 24.3 Å². The van der Waals surface area contributed by atoms with Crippen molar-refractivity contribution in [2.75, 3.05) is 13.6 Å². The van der Waals surface area contributed by atoms with E-state index in [0.717, 1.165) is 10.6 Å². The second kappa shape index (κ2) is 5.37. The van der Waals surface area contributed by atoms with Gasteiger partial charge in [-0.1, -0.05) is 6.92 Å². The second-order valence-electron chi connectivity index (χ2n) is 3.65. The molecule has 0 radical (unpaired) electrons. The Balaban J connectivity index is 2.73. The number of nitrogens with one attached hydrogen (secondary N) is 1. The molecule has 5 heteroatoms. The summed E-state index contributed by atoms with van der Waals surface area (Å²) < 4.78 is 0. The van der Waals surface area contributed by atoms with Crippen LogP contribution in [-0.2, 0) is 4.79 Å². The number of hydrogen-bond acceptors (Lipinski definition) is 3. The third-order valence-corrected chi connectivity index (χ3v) is 2.43. The number of carbonyl (C=O) groups is 1. The normalized spacial score (nSPS) is 12.1. The number of Topliss-reactive ketones (excluding diaryl/α,β-unsaturated/α-hetero) is 1. The van der Waals surface area contributed by atoms with Gasteiger partial charge in [-0.3, -0.25) is 19.8 Å². The molecule has 0 fully saturated rings. The van der Waals surface area contributed by atoms with Gasteiger partial charge in [0.05, 0.1) is 12.0 Å². The molecule has 0 heterocycles. The van der Waals surface area contributed by atoms with Crippen molar-refractivity contribution in [1.29, 1.82) is 0 Å². The lowest BCUT2D eigenvalue weighted by molar-refractivity contribution is -0.800. The van der Waals surface area contributed by atoms with E-state index in [1.807, 2.05) is 14.0 Å². The van der Waals surface area contributed by atoms with Gasteiger partial charge in [0.2, 0.25) is 0 Å².